The second-order valence-corrected chi connectivity index (χ2v) is 9.76. The molecule has 1 saturated heterocycles. The van der Waals surface area contributed by atoms with Gasteiger partial charge >= 0.3 is 12.1 Å². The molecule has 1 fully saturated rings. The summed E-state index contributed by atoms with van der Waals surface area (Å²) in [6, 6.07) is 14.5. The van der Waals surface area contributed by atoms with Crippen LogP contribution in [0, 0.1) is 11.8 Å². The molecule has 35 heavy (non-hydrogen) atoms. The van der Waals surface area contributed by atoms with Gasteiger partial charge in [0.15, 0.2) is 0 Å². The number of fused-ring (bicyclic) bond motifs is 3. The Balaban J connectivity index is 1.42. The molecule has 4 atom stereocenters. The van der Waals surface area contributed by atoms with Crippen molar-refractivity contribution in [3.05, 3.63) is 59.7 Å². The normalized spacial score (nSPS) is 20.8. The van der Waals surface area contributed by atoms with Gasteiger partial charge < -0.3 is 25.2 Å². The van der Waals surface area contributed by atoms with Crippen molar-refractivity contribution in [2.24, 2.45) is 11.8 Å². The third-order valence-electron chi connectivity index (χ3n) is 7.08. The summed E-state index contributed by atoms with van der Waals surface area (Å²) in [5.74, 6) is -2.44. The molecular weight excluding hydrogens is 448 g/mol. The standard InChI is InChI=1S/C27H32N2O6/c1-15(2)24(25(31)29-13-17(30)12-23(29)26(32)33)16(3)28-27(34)35-14-22-20-10-6-4-8-18(20)19-9-5-7-11-21(19)22/h4-11,15-17,22-24,30H,12-14H2,1-3H3,(H,28,34)(H,32,33)/t16?,17-,23+,24?/m1/s1. The van der Waals surface area contributed by atoms with Crippen molar-refractivity contribution >= 4 is 18.0 Å². The number of carbonyl (C=O) groups excluding carboxylic acids is 2. The summed E-state index contributed by atoms with van der Waals surface area (Å²) < 4.78 is 5.61. The summed E-state index contributed by atoms with van der Waals surface area (Å²) in [6.07, 6.45) is -1.51. The molecular formula is C27H32N2O6. The van der Waals surface area contributed by atoms with Crippen LogP contribution in [0.5, 0.6) is 0 Å². The van der Waals surface area contributed by atoms with Crippen molar-refractivity contribution in [1.82, 2.24) is 10.2 Å². The number of nitrogens with zero attached hydrogens (tertiary/aromatic N) is 1. The van der Waals surface area contributed by atoms with Crippen LogP contribution >= 0.6 is 0 Å². The number of carbonyl (C=O) groups is 3. The molecule has 2 aliphatic rings. The Morgan fingerprint density at radius 3 is 2.14 bits per heavy atom. The first-order valence-corrected chi connectivity index (χ1v) is 12.0. The van der Waals surface area contributed by atoms with E-state index in [-0.39, 0.29) is 31.4 Å². The van der Waals surface area contributed by atoms with Gasteiger partial charge in [0, 0.05) is 24.9 Å². The maximum Gasteiger partial charge on any atom is 0.407 e. The highest BCUT2D eigenvalue weighted by Gasteiger charge is 2.43. The number of nitrogens with one attached hydrogen (secondary N) is 1. The summed E-state index contributed by atoms with van der Waals surface area (Å²) in [7, 11) is 0. The number of carboxylic acids is 1. The molecule has 0 spiro atoms. The number of ether oxygens (including phenoxy) is 1. The molecule has 8 heteroatoms. The average molecular weight is 481 g/mol. The number of alkyl carbamates (subject to hydrolysis) is 1. The SMILES string of the molecule is CC(C)C(C(=O)N1C[C@H](O)C[C@H]1C(=O)O)C(C)NC(=O)OCC1c2ccccc2-c2ccccc21. The zero-order valence-electron chi connectivity index (χ0n) is 20.2. The number of benzene rings is 2. The van der Waals surface area contributed by atoms with Crippen molar-refractivity contribution in [1.29, 1.82) is 0 Å². The zero-order valence-corrected chi connectivity index (χ0v) is 20.2. The van der Waals surface area contributed by atoms with Crippen LogP contribution in [0.25, 0.3) is 11.1 Å². The maximum atomic E-state index is 13.3. The van der Waals surface area contributed by atoms with E-state index in [4.69, 9.17) is 4.74 Å². The zero-order chi connectivity index (χ0) is 25.3. The van der Waals surface area contributed by atoms with Crippen LogP contribution in [0.1, 0.15) is 44.2 Å². The van der Waals surface area contributed by atoms with Gasteiger partial charge in [-0.2, -0.15) is 0 Å². The molecule has 2 aromatic rings. The van der Waals surface area contributed by atoms with E-state index < -0.39 is 42.1 Å². The van der Waals surface area contributed by atoms with Crippen molar-refractivity contribution < 1.29 is 29.3 Å². The summed E-state index contributed by atoms with van der Waals surface area (Å²) in [5.41, 5.74) is 4.49. The van der Waals surface area contributed by atoms with E-state index in [0.717, 1.165) is 22.3 Å². The molecule has 4 rings (SSSR count). The molecule has 0 saturated carbocycles. The van der Waals surface area contributed by atoms with E-state index >= 15 is 0 Å². The van der Waals surface area contributed by atoms with Gasteiger partial charge in [-0.15, -0.1) is 0 Å². The fourth-order valence-electron chi connectivity index (χ4n) is 5.48. The predicted molar refractivity (Wildman–Crippen MR) is 130 cm³/mol. The van der Waals surface area contributed by atoms with Crippen LogP contribution in [0.2, 0.25) is 0 Å². The number of carboxylic acid groups (broad SMARTS) is 1. The topological polar surface area (TPSA) is 116 Å². The van der Waals surface area contributed by atoms with E-state index in [0.29, 0.717) is 0 Å². The third kappa shape index (κ3) is 4.89. The summed E-state index contributed by atoms with van der Waals surface area (Å²) in [5, 5.41) is 22.2. The highest BCUT2D eigenvalue weighted by atomic mass is 16.5. The van der Waals surface area contributed by atoms with E-state index in [9.17, 15) is 24.6 Å². The minimum Gasteiger partial charge on any atom is -0.480 e. The second kappa shape index (κ2) is 10.1. The van der Waals surface area contributed by atoms with Gasteiger partial charge in [0.2, 0.25) is 5.91 Å². The molecule has 0 aromatic heterocycles. The molecule has 8 nitrogen and oxygen atoms in total. The highest BCUT2D eigenvalue weighted by molar-refractivity contribution is 5.87. The van der Waals surface area contributed by atoms with E-state index in [2.05, 4.69) is 17.4 Å². The van der Waals surface area contributed by atoms with E-state index in [1.807, 2.05) is 50.2 Å². The summed E-state index contributed by atoms with van der Waals surface area (Å²) >= 11 is 0. The number of aliphatic hydroxyl groups excluding tert-OH is 1. The first kappa shape index (κ1) is 24.7. The third-order valence-corrected chi connectivity index (χ3v) is 7.08. The van der Waals surface area contributed by atoms with Crippen LogP contribution in [0.3, 0.4) is 0 Å². The first-order chi connectivity index (χ1) is 16.7. The molecule has 2 amide bonds. The fourth-order valence-corrected chi connectivity index (χ4v) is 5.48. The van der Waals surface area contributed by atoms with Gasteiger partial charge in [0.05, 0.1) is 12.0 Å². The van der Waals surface area contributed by atoms with Gasteiger partial charge in [-0.1, -0.05) is 62.4 Å². The van der Waals surface area contributed by atoms with Crippen LogP contribution in [-0.4, -0.2) is 64.4 Å². The Bertz CT molecular complexity index is 1070. The Morgan fingerprint density at radius 1 is 1.03 bits per heavy atom. The molecule has 1 heterocycles. The fraction of sp³-hybridized carbons (Fsp3) is 0.444. The molecule has 2 aromatic carbocycles. The summed E-state index contributed by atoms with van der Waals surface area (Å²) in [4.78, 5) is 38.8. The quantitative estimate of drug-likeness (QED) is 0.560. The van der Waals surface area contributed by atoms with Crippen molar-refractivity contribution in [3.8, 4) is 11.1 Å². The molecule has 3 N–H and O–H groups in total. The van der Waals surface area contributed by atoms with E-state index in [1.165, 1.54) is 4.90 Å². The number of rotatable bonds is 7. The summed E-state index contributed by atoms with van der Waals surface area (Å²) in [6.45, 7) is 5.54. The maximum absolute atomic E-state index is 13.3. The molecule has 0 radical (unpaired) electrons. The lowest BCUT2D eigenvalue weighted by Gasteiger charge is -2.32. The minimum atomic E-state index is -1.14. The molecule has 0 bridgehead atoms. The Morgan fingerprint density at radius 2 is 1.60 bits per heavy atom. The number of hydrogen-bond acceptors (Lipinski definition) is 5. The minimum absolute atomic E-state index is 0.0000759. The van der Waals surface area contributed by atoms with Crippen molar-refractivity contribution in [2.45, 2.75) is 51.3 Å². The van der Waals surface area contributed by atoms with Crippen LogP contribution in [0.4, 0.5) is 4.79 Å². The number of hydrogen-bond donors (Lipinski definition) is 3. The molecule has 1 aliphatic heterocycles. The lowest BCUT2D eigenvalue weighted by atomic mass is 9.87. The van der Waals surface area contributed by atoms with Crippen LogP contribution in [-0.2, 0) is 14.3 Å². The van der Waals surface area contributed by atoms with Crippen molar-refractivity contribution in [3.63, 3.8) is 0 Å². The van der Waals surface area contributed by atoms with Gasteiger partial charge in [-0.05, 0) is 35.1 Å². The lowest BCUT2D eigenvalue weighted by Crippen LogP contribution is -2.51. The van der Waals surface area contributed by atoms with Crippen LogP contribution < -0.4 is 5.32 Å². The molecule has 1 aliphatic carbocycles. The Hall–Kier alpha value is -3.39. The van der Waals surface area contributed by atoms with Gasteiger partial charge in [0.25, 0.3) is 0 Å². The smallest absolute Gasteiger partial charge is 0.407 e. The Kier molecular flexibility index (Phi) is 7.12. The first-order valence-electron chi connectivity index (χ1n) is 12.0. The van der Waals surface area contributed by atoms with Gasteiger partial charge in [-0.3, -0.25) is 4.79 Å². The highest BCUT2D eigenvalue weighted by Crippen LogP contribution is 2.44. The average Bonchev–Trinajstić information content (AvgIpc) is 3.36. The van der Waals surface area contributed by atoms with Gasteiger partial charge in [0.1, 0.15) is 12.6 Å². The number of likely N-dealkylation sites (tertiary alicyclic amines) is 1. The number of β-amino-alcohol motifs (C(OH)–C–C–N with tert-alkyl or cyclic N) is 1. The number of aliphatic carboxylic acids is 1. The lowest BCUT2D eigenvalue weighted by molar-refractivity contribution is -0.151. The van der Waals surface area contributed by atoms with Crippen LogP contribution in [0.15, 0.2) is 48.5 Å². The number of aliphatic hydroxyl groups is 1. The number of amides is 2. The van der Waals surface area contributed by atoms with Gasteiger partial charge in [-0.25, -0.2) is 9.59 Å². The van der Waals surface area contributed by atoms with Crippen molar-refractivity contribution in [2.75, 3.05) is 13.2 Å². The largest absolute Gasteiger partial charge is 0.480 e. The molecule has 186 valence electrons. The second-order valence-electron chi connectivity index (χ2n) is 9.76. The predicted octanol–water partition coefficient (Wildman–Crippen LogP) is 3.23. The monoisotopic (exact) mass is 480 g/mol. The van der Waals surface area contributed by atoms with E-state index in [1.54, 1.807) is 6.92 Å². The Labute approximate surface area is 204 Å². The molecule has 2 unspecified atom stereocenters.